The number of carbonyl (C=O) groups excluding carboxylic acids is 1. The Kier molecular flexibility index (Phi) is 4.63. The van der Waals surface area contributed by atoms with Crippen molar-refractivity contribution >= 4 is 26.5 Å². The van der Waals surface area contributed by atoms with Crippen LogP contribution in [0.5, 0.6) is 0 Å². The molecule has 0 aliphatic heterocycles. The Morgan fingerprint density at radius 2 is 1.81 bits per heavy atom. The van der Waals surface area contributed by atoms with E-state index in [2.05, 4.69) is 17.4 Å². The topological polar surface area (TPSA) is 63.2 Å². The van der Waals surface area contributed by atoms with Gasteiger partial charge < -0.3 is 5.32 Å². The highest BCUT2D eigenvalue weighted by molar-refractivity contribution is 7.92. The number of hydrogen-bond donors (Lipinski definition) is 1. The molecule has 0 aromatic heterocycles. The van der Waals surface area contributed by atoms with Gasteiger partial charge >= 0.3 is 0 Å². The Hall–Kier alpha value is -1.88. The highest BCUT2D eigenvalue weighted by Crippen LogP contribution is 2.15. The highest BCUT2D eigenvalue weighted by atomic mass is 32.2. The summed E-state index contributed by atoms with van der Waals surface area (Å²) in [5.74, 6) is -0.446. The number of carbonyl (C=O) groups is 1. The zero-order valence-corrected chi connectivity index (χ0v) is 13.0. The van der Waals surface area contributed by atoms with E-state index in [1.165, 1.54) is 12.3 Å². The zero-order valence-electron chi connectivity index (χ0n) is 12.2. The molecule has 1 atom stereocenters. The lowest BCUT2D eigenvalue weighted by Crippen LogP contribution is -2.38. The lowest BCUT2D eigenvalue weighted by Gasteiger charge is -2.10. The van der Waals surface area contributed by atoms with Crippen LogP contribution in [0.15, 0.2) is 42.5 Å². The van der Waals surface area contributed by atoms with Crippen molar-refractivity contribution in [1.82, 2.24) is 5.32 Å². The molecule has 2 rings (SSSR count). The zero-order chi connectivity index (χ0) is 15.5. The molecule has 0 heterocycles. The van der Waals surface area contributed by atoms with Gasteiger partial charge in [0, 0.05) is 12.8 Å². The SMILES string of the molecule is C[C@H](C(=O)NCCc1ccc2ccccc2c1)S(C)(=O)=O. The molecule has 2 aromatic carbocycles. The van der Waals surface area contributed by atoms with E-state index in [1.807, 2.05) is 30.3 Å². The molecule has 1 amide bonds. The lowest BCUT2D eigenvalue weighted by atomic mass is 10.1. The van der Waals surface area contributed by atoms with Crippen LogP contribution in [0.1, 0.15) is 12.5 Å². The molecule has 0 saturated carbocycles. The van der Waals surface area contributed by atoms with E-state index in [1.54, 1.807) is 0 Å². The number of hydrogen-bond acceptors (Lipinski definition) is 3. The van der Waals surface area contributed by atoms with Crippen molar-refractivity contribution < 1.29 is 13.2 Å². The summed E-state index contributed by atoms with van der Waals surface area (Å²) in [6, 6.07) is 14.2. The fourth-order valence-electron chi connectivity index (χ4n) is 2.06. The lowest BCUT2D eigenvalue weighted by molar-refractivity contribution is -0.120. The third kappa shape index (κ3) is 4.04. The van der Waals surface area contributed by atoms with Crippen molar-refractivity contribution in [1.29, 1.82) is 0 Å². The molecule has 0 radical (unpaired) electrons. The molecule has 0 aliphatic rings. The average Bonchev–Trinajstić information content (AvgIpc) is 2.45. The first-order chi connectivity index (χ1) is 9.88. The van der Waals surface area contributed by atoms with Gasteiger partial charge in [0.1, 0.15) is 5.25 Å². The Morgan fingerprint density at radius 1 is 1.14 bits per heavy atom. The first kappa shape index (κ1) is 15.5. The van der Waals surface area contributed by atoms with Gasteiger partial charge in [-0.3, -0.25) is 4.79 Å². The van der Waals surface area contributed by atoms with Crippen molar-refractivity contribution in [2.75, 3.05) is 12.8 Å². The summed E-state index contributed by atoms with van der Waals surface area (Å²) in [5, 5.41) is 4.00. The minimum atomic E-state index is -3.34. The third-order valence-electron chi connectivity index (χ3n) is 3.54. The molecule has 0 bridgehead atoms. The standard InChI is InChI=1S/C16H19NO3S/c1-12(21(2,19)20)16(18)17-10-9-13-7-8-14-5-3-4-6-15(14)11-13/h3-8,11-12H,9-10H2,1-2H3,(H,17,18)/t12-/m1/s1. The predicted molar refractivity (Wildman–Crippen MR) is 85.0 cm³/mol. The van der Waals surface area contributed by atoms with Gasteiger partial charge in [0.25, 0.3) is 0 Å². The van der Waals surface area contributed by atoms with E-state index in [9.17, 15) is 13.2 Å². The number of benzene rings is 2. The number of rotatable bonds is 5. The Labute approximate surface area is 125 Å². The summed E-state index contributed by atoms with van der Waals surface area (Å²) in [7, 11) is -3.34. The van der Waals surface area contributed by atoms with Crippen molar-refractivity contribution in [3.8, 4) is 0 Å². The van der Waals surface area contributed by atoms with Crippen molar-refractivity contribution in [2.45, 2.75) is 18.6 Å². The summed E-state index contributed by atoms with van der Waals surface area (Å²) in [6.45, 7) is 1.83. The second-order valence-electron chi connectivity index (χ2n) is 5.19. The third-order valence-corrected chi connectivity index (χ3v) is 5.04. The van der Waals surface area contributed by atoms with Crippen LogP contribution >= 0.6 is 0 Å². The second-order valence-corrected chi connectivity index (χ2v) is 7.56. The van der Waals surface area contributed by atoms with Gasteiger partial charge in [-0.25, -0.2) is 8.42 Å². The van der Waals surface area contributed by atoms with Crippen molar-refractivity contribution in [2.24, 2.45) is 0 Å². The van der Waals surface area contributed by atoms with Crippen LogP contribution < -0.4 is 5.32 Å². The van der Waals surface area contributed by atoms with E-state index in [0.29, 0.717) is 13.0 Å². The van der Waals surface area contributed by atoms with E-state index >= 15 is 0 Å². The summed E-state index contributed by atoms with van der Waals surface area (Å²) >= 11 is 0. The van der Waals surface area contributed by atoms with Gasteiger partial charge in [-0.2, -0.15) is 0 Å². The van der Waals surface area contributed by atoms with Crippen LogP contribution in [-0.4, -0.2) is 32.4 Å². The fourth-order valence-corrected chi connectivity index (χ4v) is 2.53. The monoisotopic (exact) mass is 305 g/mol. The predicted octanol–water partition coefficient (Wildman–Crippen LogP) is 1.93. The Balaban J connectivity index is 1.95. The van der Waals surface area contributed by atoms with Gasteiger partial charge in [-0.1, -0.05) is 42.5 Å². The molecule has 2 aromatic rings. The van der Waals surface area contributed by atoms with E-state index < -0.39 is 21.0 Å². The molecule has 0 fully saturated rings. The Morgan fingerprint density at radius 3 is 2.48 bits per heavy atom. The van der Waals surface area contributed by atoms with Crippen LogP contribution in [0.25, 0.3) is 10.8 Å². The van der Waals surface area contributed by atoms with Gasteiger partial charge in [0.05, 0.1) is 0 Å². The number of nitrogens with one attached hydrogen (secondary N) is 1. The normalized spacial score (nSPS) is 13.0. The van der Waals surface area contributed by atoms with Crippen LogP contribution in [0.2, 0.25) is 0 Å². The number of amides is 1. The largest absolute Gasteiger partial charge is 0.355 e. The van der Waals surface area contributed by atoms with E-state index in [0.717, 1.165) is 17.2 Å². The first-order valence-electron chi connectivity index (χ1n) is 6.82. The van der Waals surface area contributed by atoms with Crippen LogP contribution in [0.3, 0.4) is 0 Å². The maximum Gasteiger partial charge on any atom is 0.238 e. The molecule has 0 unspecified atom stereocenters. The average molecular weight is 305 g/mol. The van der Waals surface area contributed by atoms with Crippen LogP contribution in [-0.2, 0) is 21.1 Å². The Bertz CT molecular complexity index is 753. The maximum atomic E-state index is 11.7. The molecule has 0 saturated heterocycles. The molecular weight excluding hydrogens is 286 g/mol. The minimum Gasteiger partial charge on any atom is -0.355 e. The van der Waals surface area contributed by atoms with Gasteiger partial charge in [-0.15, -0.1) is 0 Å². The molecule has 5 heteroatoms. The van der Waals surface area contributed by atoms with Crippen molar-refractivity contribution in [3.05, 3.63) is 48.0 Å². The molecule has 1 N–H and O–H groups in total. The summed E-state index contributed by atoms with van der Waals surface area (Å²) < 4.78 is 22.6. The first-order valence-corrected chi connectivity index (χ1v) is 8.77. The fraction of sp³-hybridized carbons (Fsp3) is 0.312. The molecular formula is C16H19NO3S. The summed E-state index contributed by atoms with van der Waals surface area (Å²) in [4.78, 5) is 11.7. The van der Waals surface area contributed by atoms with Gasteiger partial charge in [0.15, 0.2) is 9.84 Å². The van der Waals surface area contributed by atoms with Crippen molar-refractivity contribution in [3.63, 3.8) is 0 Å². The number of fused-ring (bicyclic) bond motifs is 1. The molecule has 0 aliphatic carbocycles. The van der Waals surface area contributed by atoms with Gasteiger partial charge in [-0.05, 0) is 29.7 Å². The van der Waals surface area contributed by atoms with Gasteiger partial charge in [0.2, 0.25) is 5.91 Å². The molecule has 112 valence electrons. The van der Waals surface area contributed by atoms with Crippen LogP contribution in [0.4, 0.5) is 0 Å². The van der Waals surface area contributed by atoms with Crippen LogP contribution in [0, 0.1) is 0 Å². The molecule has 0 spiro atoms. The highest BCUT2D eigenvalue weighted by Gasteiger charge is 2.22. The molecule has 4 nitrogen and oxygen atoms in total. The smallest absolute Gasteiger partial charge is 0.238 e. The second kappa shape index (κ2) is 6.26. The maximum absolute atomic E-state index is 11.7. The number of sulfone groups is 1. The molecule has 21 heavy (non-hydrogen) atoms. The quantitative estimate of drug-likeness (QED) is 0.918. The summed E-state index contributed by atoms with van der Waals surface area (Å²) in [5.41, 5.74) is 1.11. The van der Waals surface area contributed by atoms with E-state index in [4.69, 9.17) is 0 Å². The van der Waals surface area contributed by atoms with E-state index in [-0.39, 0.29) is 0 Å². The minimum absolute atomic E-state index is 0.428. The summed E-state index contributed by atoms with van der Waals surface area (Å²) in [6.07, 6.45) is 1.74.